The topological polar surface area (TPSA) is 74.1 Å². The zero-order valence-corrected chi connectivity index (χ0v) is 17.3. The molecule has 0 aliphatic heterocycles. The molecule has 0 saturated heterocycles. The molecule has 1 aromatic heterocycles. The van der Waals surface area contributed by atoms with E-state index in [1.807, 2.05) is 48.5 Å². The third-order valence-electron chi connectivity index (χ3n) is 5.07. The Morgan fingerprint density at radius 3 is 2.59 bits per heavy atom. The lowest BCUT2D eigenvalue weighted by atomic mass is 9.95. The summed E-state index contributed by atoms with van der Waals surface area (Å²) in [6, 6.07) is 16.5. The van der Waals surface area contributed by atoms with Crippen molar-refractivity contribution in [2.24, 2.45) is 0 Å². The van der Waals surface area contributed by atoms with Crippen LogP contribution >= 0.6 is 12.4 Å². The van der Waals surface area contributed by atoms with Crippen LogP contribution in [0.4, 0.5) is 0 Å². The molecule has 3 aromatic rings. The predicted octanol–water partition coefficient (Wildman–Crippen LogP) is 4.31. The van der Waals surface area contributed by atoms with E-state index >= 15 is 0 Å². The first-order chi connectivity index (χ1) is 13.8. The minimum atomic E-state index is 0. The molecule has 1 aliphatic rings. The molecule has 1 heterocycles. The number of hydrogen-bond acceptors (Lipinski definition) is 6. The van der Waals surface area contributed by atoms with E-state index < -0.39 is 0 Å². The maximum Gasteiger partial charge on any atom is 0.346 e. The average molecular weight is 416 g/mol. The second-order valence-corrected chi connectivity index (χ2v) is 7.01. The third kappa shape index (κ3) is 5.25. The molecule has 1 N–H and O–H groups in total. The van der Waals surface area contributed by atoms with Gasteiger partial charge in [0.2, 0.25) is 0 Å². The van der Waals surface area contributed by atoms with Gasteiger partial charge in [0, 0.05) is 12.6 Å². The highest BCUT2D eigenvalue weighted by Gasteiger charge is 2.15. The van der Waals surface area contributed by atoms with Gasteiger partial charge in [0.15, 0.2) is 11.5 Å². The molecule has 7 nitrogen and oxygen atoms in total. The van der Waals surface area contributed by atoms with Crippen molar-refractivity contribution in [1.29, 1.82) is 0 Å². The summed E-state index contributed by atoms with van der Waals surface area (Å²) in [5.41, 5.74) is 1.99. The van der Waals surface area contributed by atoms with Crippen LogP contribution in [0.3, 0.4) is 0 Å². The van der Waals surface area contributed by atoms with E-state index in [-0.39, 0.29) is 18.4 Å². The number of rotatable bonds is 7. The summed E-state index contributed by atoms with van der Waals surface area (Å²) in [5.74, 6) is 1.24. The SMILES string of the molecule is COc1cc(CNC2CCCCC2)ccc1Oc1nnnn1-c1ccccc1.Cl. The highest BCUT2D eigenvalue weighted by Crippen LogP contribution is 2.32. The largest absolute Gasteiger partial charge is 0.493 e. The Hall–Kier alpha value is -2.64. The van der Waals surface area contributed by atoms with Gasteiger partial charge < -0.3 is 14.8 Å². The fraction of sp³-hybridized carbons (Fsp3) is 0.381. The number of nitrogens with one attached hydrogen (secondary N) is 1. The first-order valence-electron chi connectivity index (χ1n) is 9.75. The maximum atomic E-state index is 5.96. The average Bonchev–Trinajstić information content (AvgIpc) is 3.22. The maximum absolute atomic E-state index is 5.96. The number of nitrogens with zero attached hydrogens (tertiary/aromatic N) is 4. The van der Waals surface area contributed by atoms with Crippen LogP contribution in [0, 0.1) is 0 Å². The van der Waals surface area contributed by atoms with Gasteiger partial charge in [-0.05, 0) is 53.1 Å². The smallest absolute Gasteiger partial charge is 0.346 e. The summed E-state index contributed by atoms with van der Waals surface area (Å²) in [6.45, 7) is 0.822. The van der Waals surface area contributed by atoms with Crippen molar-refractivity contribution in [1.82, 2.24) is 25.5 Å². The monoisotopic (exact) mass is 415 g/mol. The van der Waals surface area contributed by atoms with Gasteiger partial charge in [-0.1, -0.05) is 48.6 Å². The number of benzene rings is 2. The number of para-hydroxylation sites is 1. The lowest BCUT2D eigenvalue weighted by Crippen LogP contribution is -2.30. The Balaban J connectivity index is 0.00000240. The molecule has 0 unspecified atom stereocenters. The first-order valence-corrected chi connectivity index (χ1v) is 9.75. The van der Waals surface area contributed by atoms with Crippen LogP contribution in [-0.4, -0.2) is 33.4 Å². The lowest BCUT2D eigenvalue weighted by molar-refractivity contribution is 0.360. The highest BCUT2D eigenvalue weighted by atomic mass is 35.5. The molecular weight excluding hydrogens is 390 g/mol. The van der Waals surface area contributed by atoms with Crippen molar-refractivity contribution >= 4 is 12.4 Å². The van der Waals surface area contributed by atoms with Crippen LogP contribution in [0.25, 0.3) is 5.69 Å². The number of ether oxygens (including phenoxy) is 2. The van der Waals surface area contributed by atoms with Gasteiger partial charge in [-0.3, -0.25) is 0 Å². The van der Waals surface area contributed by atoms with Crippen molar-refractivity contribution in [3.8, 4) is 23.2 Å². The number of tetrazole rings is 1. The summed E-state index contributed by atoms with van der Waals surface area (Å²) >= 11 is 0. The number of halogens is 1. The molecule has 2 aromatic carbocycles. The van der Waals surface area contributed by atoms with Gasteiger partial charge in [-0.15, -0.1) is 12.4 Å². The molecular formula is C21H26ClN5O2. The minimum absolute atomic E-state index is 0. The van der Waals surface area contributed by atoms with E-state index in [2.05, 4.69) is 20.8 Å². The highest BCUT2D eigenvalue weighted by molar-refractivity contribution is 5.85. The normalized spacial score (nSPS) is 14.2. The van der Waals surface area contributed by atoms with Crippen LogP contribution in [-0.2, 0) is 6.54 Å². The second kappa shape index (κ2) is 10.2. The molecule has 0 radical (unpaired) electrons. The second-order valence-electron chi connectivity index (χ2n) is 7.01. The van der Waals surface area contributed by atoms with Crippen LogP contribution in [0.15, 0.2) is 48.5 Å². The molecule has 154 valence electrons. The zero-order chi connectivity index (χ0) is 19.2. The Kier molecular flexibility index (Phi) is 7.43. The quantitative estimate of drug-likeness (QED) is 0.619. The van der Waals surface area contributed by atoms with Crippen LogP contribution in [0.5, 0.6) is 17.5 Å². The van der Waals surface area contributed by atoms with Crippen molar-refractivity contribution < 1.29 is 9.47 Å². The lowest BCUT2D eigenvalue weighted by Gasteiger charge is -2.23. The zero-order valence-electron chi connectivity index (χ0n) is 16.5. The van der Waals surface area contributed by atoms with Gasteiger partial charge in [0.25, 0.3) is 0 Å². The summed E-state index contributed by atoms with van der Waals surface area (Å²) in [4.78, 5) is 0. The fourth-order valence-electron chi connectivity index (χ4n) is 3.55. The summed E-state index contributed by atoms with van der Waals surface area (Å²) in [5, 5.41) is 15.4. The van der Waals surface area contributed by atoms with Crippen LogP contribution < -0.4 is 14.8 Å². The Labute approximate surface area is 176 Å². The number of hydrogen-bond donors (Lipinski definition) is 1. The van der Waals surface area contributed by atoms with Crippen molar-refractivity contribution in [3.63, 3.8) is 0 Å². The van der Waals surface area contributed by atoms with E-state index in [4.69, 9.17) is 9.47 Å². The Bertz CT molecular complexity index is 897. The van der Waals surface area contributed by atoms with Crippen LogP contribution in [0.1, 0.15) is 37.7 Å². The number of methoxy groups -OCH3 is 1. The molecule has 1 saturated carbocycles. The van der Waals surface area contributed by atoms with Crippen molar-refractivity contribution in [2.75, 3.05) is 7.11 Å². The van der Waals surface area contributed by atoms with Gasteiger partial charge in [0.05, 0.1) is 12.8 Å². The molecule has 8 heteroatoms. The van der Waals surface area contributed by atoms with E-state index in [1.165, 1.54) is 32.1 Å². The van der Waals surface area contributed by atoms with E-state index in [1.54, 1.807) is 11.8 Å². The van der Waals surface area contributed by atoms with Crippen LogP contribution in [0.2, 0.25) is 0 Å². The molecule has 0 atom stereocenters. The van der Waals surface area contributed by atoms with Gasteiger partial charge in [-0.25, -0.2) is 0 Å². The van der Waals surface area contributed by atoms with E-state index in [0.717, 1.165) is 17.8 Å². The van der Waals surface area contributed by atoms with Crippen molar-refractivity contribution in [3.05, 3.63) is 54.1 Å². The first kappa shape index (κ1) is 21.1. The van der Waals surface area contributed by atoms with E-state index in [9.17, 15) is 0 Å². The minimum Gasteiger partial charge on any atom is -0.493 e. The Morgan fingerprint density at radius 1 is 1.03 bits per heavy atom. The molecule has 1 aliphatic carbocycles. The fourth-order valence-corrected chi connectivity index (χ4v) is 3.55. The molecule has 4 rings (SSSR count). The predicted molar refractivity (Wildman–Crippen MR) is 113 cm³/mol. The van der Waals surface area contributed by atoms with Gasteiger partial charge in [0.1, 0.15) is 0 Å². The molecule has 0 spiro atoms. The third-order valence-corrected chi connectivity index (χ3v) is 5.07. The van der Waals surface area contributed by atoms with Crippen molar-refractivity contribution in [2.45, 2.75) is 44.7 Å². The standard InChI is InChI=1S/C21H25N5O2.ClH/c1-27-20-14-16(15-22-17-8-4-2-5-9-17)12-13-19(20)28-21-23-24-25-26(21)18-10-6-3-7-11-18;/h3,6-7,10-14,17,22H,2,4-5,8-9,15H2,1H3;1H. The van der Waals surface area contributed by atoms with E-state index in [0.29, 0.717) is 17.5 Å². The Morgan fingerprint density at radius 2 is 1.83 bits per heavy atom. The van der Waals surface area contributed by atoms with Gasteiger partial charge >= 0.3 is 6.01 Å². The number of aromatic nitrogens is 4. The molecule has 0 bridgehead atoms. The summed E-state index contributed by atoms with van der Waals surface area (Å²) in [7, 11) is 1.64. The molecule has 0 amide bonds. The molecule has 29 heavy (non-hydrogen) atoms. The summed E-state index contributed by atoms with van der Waals surface area (Å²) < 4.78 is 13.1. The van der Waals surface area contributed by atoms with Gasteiger partial charge in [-0.2, -0.15) is 4.68 Å². The molecule has 1 fully saturated rings. The summed E-state index contributed by atoms with van der Waals surface area (Å²) in [6.07, 6.45) is 6.54.